The summed E-state index contributed by atoms with van der Waals surface area (Å²) in [6.07, 6.45) is 6.74. The molecule has 0 saturated carbocycles. The van der Waals surface area contributed by atoms with Crippen LogP contribution in [0.2, 0.25) is 0 Å². The monoisotopic (exact) mass is 336 g/mol. The van der Waals surface area contributed by atoms with Crippen molar-refractivity contribution in [2.45, 2.75) is 58.1 Å². The summed E-state index contributed by atoms with van der Waals surface area (Å²) < 4.78 is 11.2. The van der Waals surface area contributed by atoms with Crippen LogP contribution in [0.3, 0.4) is 0 Å². The third-order valence-electron chi connectivity index (χ3n) is 3.86. The molecule has 24 heavy (non-hydrogen) atoms. The van der Waals surface area contributed by atoms with Crippen LogP contribution in [0, 0.1) is 0 Å². The van der Waals surface area contributed by atoms with E-state index in [9.17, 15) is 4.79 Å². The SMILES string of the molecule is CC(C)(C)OC(=O)N1CCC1COc1cncc(CCCCO)c1. The molecule has 0 aromatic carbocycles. The van der Waals surface area contributed by atoms with Gasteiger partial charge in [-0.15, -0.1) is 0 Å². The van der Waals surface area contributed by atoms with Crippen molar-refractivity contribution < 1.29 is 19.4 Å². The number of carbonyl (C=O) groups excluding carboxylic acids is 1. The fourth-order valence-corrected chi connectivity index (χ4v) is 2.49. The first-order chi connectivity index (χ1) is 11.4. The van der Waals surface area contributed by atoms with E-state index in [2.05, 4.69) is 4.98 Å². The molecule has 0 bridgehead atoms. The van der Waals surface area contributed by atoms with E-state index in [0.29, 0.717) is 18.9 Å². The Hall–Kier alpha value is -1.82. The standard InChI is InChI=1S/C18H28N2O4/c1-18(2,3)24-17(22)20-8-7-15(20)13-23-16-10-14(11-19-12-16)6-4-5-9-21/h10-12,15,21H,4-9,13H2,1-3H3. The number of hydrogen-bond donors (Lipinski definition) is 1. The van der Waals surface area contributed by atoms with Gasteiger partial charge >= 0.3 is 6.09 Å². The zero-order chi connectivity index (χ0) is 17.6. The lowest BCUT2D eigenvalue weighted by molar-refractivity contribution is -0.0141. The van der Waals surface area contributed by atoms with Crippen LogP contribution in [0.4, 0.5) is 4.79 Å². The van der Waals surface area contributed by atoms with Gasteiger partial charge in [-0.2, -0.15) is 0 Å². The highest BCUT2D eigenvalue weighted by Gasteiger charge is 2.35. The number of carbonyl (C=O) groups is 1. The molecule has 6 heteroatoms. The molecule has 1 amide bonds. The number of ether oxygens (including phenoxy) is 2. The molecular formula is C18H28N2O4. The maximum atomic E-state index is 12.1. The van der Waals surface area contributed by atoms with E-state index in [-0.39, 0.29) is 18.7 Å². The Bertz CT molecular complexity index is 542. The summed E-state index contributed by atoms with van der Waals surface area (Å²) in [4.78, 5) is 18.0. The number of aromatic nitrogens is 1. The number of likely N-dealkylation sites (tertiary alicyclic amines) is 1. The second-order valence-corrected chi connectivity index (χ2v) is 7.14. The first-order valence-electron chi connectivity index (χ1n) is 8.56. The van der Waals surface area contributed by atoms with Crippen LogP contribution < -0.4 is 4.74 Å². The number of rotatable bonds is 7. The van der Waals surface area contributed by atoms with Gasteiger partial charge in [-0.25, -0.2) is 4.79 Å². The van der Waals surface area contributed by atoms with E-state index in [1.807, 2.05) is 33.0 Å². The van der Waals surface area contributed by atoms with Crippen LogP contribution in [-0.4, -0.2) is 52.5 Å². The largest absolute Gasteiger partial charge is 0.490 e. The van der Waals surface area contributed by atoms with Gasteiger partial charge in [0.25, 0.3) is 0 Å². The van der Waals surface area contributed by atoms with Gasteiger partial charge in [-0.1, -0.05) is 0 Å². The number of nitrogens with zero attached hydrogens (tertiary/aromatic N) is 2. The minimum absolute atomic E-state index is 0.0536. The molecule has 1 aromatic heterocycles. The molecule has 1 fully saturated rings. The molecule has 2 heterocycles. The van der Waals surface area contributed by atoms with E-state index < -0.39 is 5.60 Å². The Morgan fingerprint density at radius 1 is 1.38 bits per heavy atom. The molecule has 1 unspecified atom stereocenters. The van der Waals surface area contributed by atoms with Crippen molar-refractivity contribution in [1.82, 2.24) is 9.88 Å². The van der Waals surface area contributed by atoms with Gasteiger partial charge in [0.2, 0.25) is 0 Å². The Morgan fingerprint density at radius 2 is 2.17 bits per heavy atom. The Kier molecular flexibility index (Phi) is 6.43. The number of hydrogen-bond acceptors (Lipinski definition) is 5. The van der Waals surface area contributed by atoms with Crippen LogP contribution in [0.1, 0.15) is 45.6 Å². The number of aliphatic hydroxyl groups is 1. The molecule has 134 valence electrons. The number of amides is 1. The van der Waals surface area contributed by atoms with E-state index in [0.717, 1.165) is 31.2 Å². The second-order valence-electron chi connectivity index (χ2n) is 7.14. The minimum Gasteiger partial charge on any atom is -0.490 e. The molecular weight excluding hydrogens is 308 g/mol. The zero-order valence-corrected chi connectivity index (χ0v) is 14.8. The van der Waals surface area contributed by atoms with E-state index >= 15 is 0 Å². The van der Waals surface area contributed by atoms with Crippen molar-refractivity contribution in [2.24, 2.45) is 0 Å². The molecule has 0 radical (unpaired) electrons. The lowest BCUT2D eigenvalue weighted by atomic mass is 10.1. The number of pyridine rings is 1. The third-order valence-corrected chi connectivity index (χ3v) is 3.86. The van der Waals surface area contributed by atoms with Gasteiger partial charge in [0.05, 0.1) is 12.2 Å². The van der Waals surface area contributed by atoms with Gasteiger partial charge in [0.15, 0.2) is 0 Å². The number of unbranched alkanes of at least 4 members (excludes halogenated alkanes) is 1. The van der Waals surface area contributed by atoms with Gasteiger partial charge in [0.1, 0.15) is 18.0 Å². The summed E-state index contributed by atoms with van der Waals surface area (Å²) >= 11 is 0. The molecule has 1 aliphatic heterocycles. The van der Waals surface area contributed by atoms with Crippen molar-refractivity contribution in [3.05, 3.63) is 24.0 Å². The summed E-state index contributed by atoms with van der Waals surface area (Å²) in [7, 11) is 0. The average Bonchev–Trinajstić information content (AvgIpc) is 2.45. The smallest absolute Gasteiger partial charge is 0.410 e. The first-order valence-corrected chi connectivity index (χ1v) is 8.56. The van der Waals surface area contributed by atoms with E-state index in [1.54, 1.807) is 11.1 Å². The van der Waals surface area contributed by atoms with Gasteiger partial charge < -0.3 is 19.5 Å². The lowest BCUT2D eigenvalue weighted by Crippen LogP contribution is -2.55. The van der Waals surface area contributed by atoms with Crippen LogP contribution in [0.15, 0.2) is 18.5 Å². The number of aliphatic hydroxyl groups excluding tert-OH is 1. The molecule has 0 aliphatic carbocycles. The minimum atomic E-state index is -0.481. The molecule has 0 spiro atoms. The predicted octanol–water partition coefficient (Wildman–Crippen LogP) is 2.78. The van der Waals surface area contributed by atoms with Crippen LogP contribution in [-0.2, 0) is 11.2 Å². The van der Waals surface area contributed by atoms with Crippen LogP contribution in [0.5, 0.6) is 5.75 Å². The second kappa shape index (κ2) is 8.33. The molecule has 6 nitrogen and oxygen atoms in total. The molecule has 1 saturated heterocycles. The summed E-state index contributed by atoms with van der Waals surface area (Å²) in [6, 6.07) is 2.03. The average molecular weight is 336 g/mol. The van der Waals surface area contributed by atoms with Crippen LogP contribution >= 0.6 is 0 Å². The zero-order valence-electron chi connectivity index (χ0n) is 14.8. The van der Waals surface area contributed by atoms with Gasteiger partial charge in [-0.3, -0.25) is 4.98 Å². The predicted molar refractivity (Wildman–Crippen MR) is 91.1 cm³/mol. The maximum absolute atomic E-state index is 12.1. The summed E-state index contributed by atoms with van der Waals surface area (Å²) in [5.74, 6) is 0.715. The first kappa shape index (κ1) is 18.5. The molecule has 1 aromatic rings. The highest BCUT2D eigenvalue weighted by atomic mass is 16.6. The normalized spacial score (nSPS) is 17.3. The van der Waals surface area contributed by atoms with Crippen molar-refractivity contribution in [3.63, 3.8) is 0 Å². The van der Waals surface area contributed by atoms with Crippen molar-refractivity contribution in [1.29, 1.82) is 0 Å². The van der Waals surface area contributed by atoms with Gasteiger partial charge in [-0.05, 0) is 58.1 Å². The third kappa shape index (κ3) is 5.67. The Labute approximate surface area is 143 Å². The van der Waals surface area contributed by atoms with Crippen LogP contribution in [0.25, 0.3) is 0 Å². The lowest BCUT2D eigenvalue weighted by Gasteiger charge is -2.40. The molecule has 1 aliphatic rings. The topological polar surface area (TPSA) is 71.9 Å². The fraction of sp³-hybridized carbons (Fsp3) is 0.667. The highest BCUT2D eigenvalue weighted by molar-refractivity contribution is 5.69. The van der Waals surface area contributed by atoms with E-state index in [1.165, 1.54) is 0 Å². The molecule has 1 atom stereocenters. The maximum Gasteiger partial charge on any atom is 0.410 e. The quantitative estimate of drug-likeness (QED) is 0.775. The number of aryl methyl sites for hydroxylation is 1. The van der Waals surface area contributed by atoms with Crippen molar-refractivity contribution in [2.75, 3.05) is 19.8 Å². The van der Waals surface area contributed by atoms with Gasteiger partial charge in [0, 0.05) is 19.3 Å². The Balaban J connectivity index is 1.81. The molecule has 1 N–H and O–H groups in total. The molecule has 2 rings (SSSR count). The van der Waals surface area contributed by atoms with Crippen molar-refractivity contribution in [3.8, 4) is 5.75 Å². The fourth-order valence-electron chi connectivity index (χ4n) is 2.49. The summed E-state index contributed by atoms with van der Waals surface area (Å²) in [5.41, 5.74) is 0.615. The summed E-state index contributed by atoms with van der Waals surface area (Å²) in [6.45, 7) is 6.97. The van der Waals surface area contributed by atoms with Crippen molar-refractivity contribution >= 4 is 6.09 Å². The summed E-state index contributed by atoms with van der Waals surface area (Å²) in [5, 5.41) is 8.84. The Morgan fingerprint density at radius 3 is 2.79 bits per heavy atom. The highest BCUT2D eigenvalue weighted by Crippen LogP contribution is 2.22. The van der Waals surface area contributed by atoms with E-state index in [4.69, 9.17) is 14.6 Å².